The van der Waals surface area contributed by atoms with Gasteiger partial charge in [0.25, 0.3) is 5.91 Å². The quantitative estimate of drug-likeness (QED) is 0.824. The summed E-state index contributed by atoms with van der Waals surface area (Å²) in [5.74, 6) is -0.728. The van der Waals surface area contributed by atoms with Gasteiger partial charge in [-0.05, 0) is 48.5 Å². The van der Waals surface area contributed by atoms with Crippen molar-refractivity contribution in [2.24, 2.45) is 0 Å². The van der Waals surface area contributed by atoms with Gasteiger partial charge in [0.2, 0.25) is 11.8 Å². The van der Waals surface area contributed by atoms with E-state index in [1.807, 2.05) is 0 Å². The average molecular weight is 358 g/mol. The Bertz CT molecular complexity index is 818. The average Bonchev–Trinajstić information content (AvgIpc) is 2.84. The molecule has 128 valence electrons. The minimum absolute atomic E-state index is 0.0783. The molecule has 7 heteroatoms. The molecule has 0 saturated carbocycles. The van der Waals surface area contributed by atoms with Gasteiger partial charge in [0.1, 0.15) is 6.04 Å². The Balaban J connectivity index is 1.71. The Morgan fingerprint density at radius 2 is 1.64 bits per heavy atom. The smallest absolute Gasteiger partial charge is 0.256 e. The molecular formula is C18H16ClN3O3. The van der Waals surface area contributed by atoms with Crippen LogP contribution in [0.5, 0.6) is 0 Å². The van der Waals surface area contributed by atoms with Crippen molar-refractivity contribution in [2.75, 3.05) is 15.5 Å². The van der Waals surface area contributed by atoms with Gasteiger partial charge in [-0.3, -0.25) is 14.4 Å². The molecule has 1 heterocycles. The molecule has 0 radical (unpaired) electrons. The molecule has 0 spiro atoms. The second kappa shape index (κ2) is 6.94. The van der Waals surface area contributed by atoms with Crippen LogP contribution < -0.4 is 15.5 Å². The summed E-state index contributed by atoms with van der Waals surface area (Å²) in [6.45, 7) is 1.43. The molecule has 0 aliphatic carbocycles. The first-order chi connectivity index (χ1) is 11.9. The van der Waals surface area contributed by atoms with Crippen molar-refractivity contribution in [3.05, 3.63) is 53.6 Å². The molecule has 0 bridgehead atoms. The van der Waals surface area contributed by atoms with Gasteiger partial charge >= 0.3 is 0 Å². The number of halogens is 1. The van der Waals surface area contributed by atoms with Crippen LogP contribution in [0.2, 0.25) is 5.02 Å². The molecule has 1 aliphatic heterocycles. The molecule has 2 aromatic rings. The van der Waals surface area contributed by atoms with E-state index in [1.54, 1.807) is 48.5 Å². The van der Waals surface area contributed by atoms with E-state index in [1.165, 1.54) is 11.8 Å². The van der Waals surface area contributed by atoms with E-state index in [2.05, 4.69) is 10.6 Å². The van der Waals surface area contributed by atoms with Crippen molar-refractivity contribution in [1.82, 2.24) is 0 Å². The fourth-order valence-electron chi connectivity index (χ4n) is 2.66. The molecule has 1 fully saturated rings. The maximum absolute atomic E-state index is 12.6. The van der Waals surface area contributed by atoms with Gasteiger partial charge in [0.15, 0.2) is 0 Å². The van der Waals surface area contributed by atoms with Crippen LogP contribution in [0.15, 0.2) is 48.5 Å². The summed E-state index contributed by atoms with van der Waals surface area (Å²) >= 11 is 5.84. The van der Waals surface area contributed by atoms with Gasteiger partial charge < -0.3 is 10.6 Å². The molecule has 3 amide bonds. The molecule has 2 aromatic carbocycles. The van der Waals surface area contributed by atoms with Crippen LogP contribution in [0.3, 0.4) is 0 Å². The molecule has 1 aliphatic rings. The standard InChI is InChI=1S/C18H16ClN3O3/c1-11(23)20-13-4-6-14(7-5-13)21-16-10-17(24)22(18(16)25)15-8-2-12(19)3-9-15/h2-9,16,21H,10H2,1H3,(H,20,23)/t16-/m1/s1. The molecule has 0 unspecified atom stereocenters. The highest BCUT2D eigenvalue weighted by atomic mass is 35.5. The van der Waals surface area contributed by atoms with E-state index in [0.717, 1.165) is 0 Å². The van der Waals surface area contributed by atoms with E-state index in [9.17, 15) is 14.4 Å². The van der Waals surface area contributed by atoms with Crippen LogP contribution in [-0.4, -0.2) is 23.8 Å². The Kier molecular flexibility index (Phi) is 4.72. The highest BCUT2D eigenvalue weighted by Gasteiger charge is 2.39. The largest absolute Gasteiger partial charge is 0.373 e. The lowest BCUT2D eigenvalue weighted by Gasteiger charge is -2.16. The van der Waals surface area contributed by atoms with E-state index < -0.39 is 6.04 Å². The molecule has 1 atom stereocenters. The Morgan fingerprint density at radius 1 is 1.04 bits per heavy atom. The predicted molar refractivity (Wildman–Crippen MR) is 96.7 cm³/mol. The zero-order valence-electron chi connectivity index (χ0n) is 13.5. The molecular weight excluding hydrogens is 342 g/mol. The van der Waals surface area contributed by atoms with E-state index in [4.69, 9.17) is 11.6 Å². The van der Waals surface area contributed by atoms with Gasteiger partial charge in [-0.2, -0.15) is 0 Å². The normalized spacial score (nSPS) is 16.9. The number of carbonyl (C=O) groups is 3. The minimum Gasteiger partial charge on any atom is -0.373 e. The number of amides is 3. The lowest BCUT2D eigenvalue weighted by Crippen LogP contribution is -2.34. The fraction of sp³-hybridized carbons (Fsp3) is 0.167. The van der Waals surface area contributed by atoms with Crippen molar-refractivity contribution < 1.29 is 14.4 Å². The van der Waals surface area contributed by atoms with Crippen LogP contribution in [-0.2, 0) is 14.4 Å². The topological polar surface area (TPSA) is 78.5 Å². The summed E-state index contributed by atoms with van der Waals surface area (Å²) < 4.78 is 0. The monoisotopic (exact) mass is 357 g/mol. The first-order valence-electron chi connectivity index (χ1n) is 7.70. The van der Waals surface area contributed by atoms with Gasteiger partial charge in [-0.25, -0.2) is 4.90 Å². The predicted octanol–water partition coefficient (Wildman–Crippen LogP) is 3.04. The lowest BCUT2D eigenvalue weighted by atomic mass is 10.2. The highest BCUT2D eigenvalue weighted by molar-refractivity contribution is 6.30. The summed E-state index contributed by atoms with van der Waals surface area (Å²) in [4.78, 5) is 37.0. The van der Waals surface area contributed by atoms with Crippen LogP contribution >= 0.6 is 11.6 Å². The summed E-state index contributed by atoms with van der Waals surface area (Å²) in [5.41, 5.74) is 1.86. The molecule has 25 heavy (non-hydrogen) atoms. The Labute approximate surface area is 149 Å². The van der Waals surface area contributed by atoms with E-state index in [0.29, 0.717) is 22.1 Å². The first-order valence-corrected chi connectivity index (χ1v) is 8.08. The molecule has 0 aromatic heterocycles. The number of carbonyl (C=O) groups excluding carboxylic acids is 3. The highest BCUT2D eigenvalue weighted by Crippen LogP contribution is 2.26. The third-order valence-corrected chi connectivity index (χ3v) is 4.03. The van der Waals surface area contributed by atoms with Crippen molar-refractivity contribution in [3.63, 3.8) is 0 Å². The van der Waals surface area contributed by atoms with Crippen LogP contribution in [0, 0.1) is 0 Å². The minimum atomic E-state index is -0.630. The summed E-state index contributed by atoms with van der Waals surface area (Å²) in [6, 6.07) is 12.9. The van der Waals surface area contributed by atoms with Gasteiger partial charge in [-0.1, -0.05) is 11.6 Å². The first kappa shape index (κ1) is 17.0. The van der Waals surface area contributed by atoms with Crippen molar-refractivity contribution >= 4 is 46.4 Å². The lowest BCUT2D eigenvalue weighted by molar-refractivity contribution is -0.121. The zero-order valence-corrected chi connectivity index (χ0v) is 14.2. The Morgan fingerprint density at radius 3 is 2.24 bits per heavy atom. The van der Waals surface area contributed by atoms with Crippen molar-refractivity contribution in [3.8, 4) is 0 Å². The van der Waals surface area contributed by atoms with Crippen LogP contribution in [0.4, 0.5) is 17.1 Å². The number of anilines is 3. The fourth-order valence-corrected chi connectivity index (χ4v) is 2.79. The van der Waals surface area contributed by atoms with Crippen molar-refractivity contribution in [2.45, 2.75) is 19.4 Å². The summed E-state index contributed by atoms with van der Waals surface area (Å²) in [6.07, 6.45) is 0.0783. The van der Waals surface area contributed by atoms with Gasteiger partial charge in [-0.15, -0.1) is 0 Å². The zero-order chi connectivity index (χ0) is 18.0. The van der Waals surface area contributed by atoms with Gasteiger partial charge in [0, 0.05) is 23.3 Å². The molecule has 2 N–H and O–H groups in total. The third kappa shape index (κ3) is 3.80. The second-order valence-electron chi connectivity index (χ2n) is 5.70. The van der Waals surface area contributed by atoms with Crippen LogP contribution in [0.1, 0.15) is 13.3 Å². The number of nitrogens with one attached hydrogen (secondary N) is 2. The SMILES string of the molecule is CC(=O)Nc1ccc(N[C@@H]2CC(=O)N(c3ccc(Cl)cc3)C2=O)cc1. The van der Waals surface area contributed by atoms with Crippen LogP contribution in [0.25, 0.3) is 0 Å². The maximum Gasteiger partial charge on any atom is 0.256 e. The van der Waals surface area contributed by atoms with Gasteiger partial charge in [0.05, 0.1) is 12.1 Å². The summed E-state index contributed by atoms with van der Waals surface area (Å²) in [7, 11) is 0. The Hall–Kier alpha value is -2.86. The number of hydrogen-bond donors (Lipinski definition) is 2. The number of benzene rings is 2. The summed E-state index contributed by atoms with van der Waals surface area (Å²) in [5, 5.41) is 6.27. The number of hydrogen-bond acceptors (Lipinski definition) is 4. The number of imide groups is 1. The number of rotatable bonds is 4. The number of nitrogens with zero attached hydrogens (tertiary/aromatic N) is 1. The third-order valence-electron chi connectivity index (χ3n) is 3.78. The maximum atomic E-state index is 12.6. The van der Waals surface area contributed by atoms with E-state index >= 15 is 0 Å². The van der Waals surface area contributed by atoms with Crippen molar-refractivity contribution in [1.29, 1.82) is 0 Å². The molecule has 1 saturated heterocycles. The van der Waals surface area contributed by atoms with E-state index in [-0.39, 0.29) is 24.1 Å². The molecule has 3 rings (SSSR count). The molecule has 6 nitrogen and oxygen atoms in total. The second-order valence-corrected chi connectivity index (χ2v) is 6.14.